The second kappa shape index (κ2) is 14.3. The number of aliphatic hydroxyl groups is 1. The van der Waals surface area contributed by atoms with Crippen molar-refractivity contribution in [1.82, 2.24) is 19.8 Å². The summed E-state index contributed by atoms with van der Waals surface area (Å²) in [5.41, 5.74) is 3.40. The molecule has 3 N–H and O–H groups in total. The lowest BCUT2D eigenvalue weighted by molar-refractivity contribution is -0.137. The lowest BCUT2D eigenvalue weighted by Gasteiger charge is -2.36. The number of hydrogen-bond donors (Lipinski definition) is 3. The van der Waals surface area contributed by atoms with Crippen LogP contribution in [0.1, 0.15) is 59.6 Å². The molecular formula is C37H40F3N7O4. The van der Waals surface area contributed by atoms with Gasteiger partial charge in [0.25, 0.3) is 5.91 Å². The summed E-state index contributed by atoms with van der Waals surface area (Å²) in [7, 11) is 0. The molecule has 3 aliphatic rings. The van der Waals surface area contributed by atoms with Crippen molar-refractivity contribution in [2.75, 3.05) is 54.4 Å². The summed E-state index contributed by atoms with van der Waals surface area (Å²) in [5.74, 6) is -0.410. The molecule has 4 aromatic rings. The molecule has 51 heavy (non-hydrogen) atoms. The number of carbonyl (C=O) groups is 3. The number of rotatable bonds is 8. The van der Waals surface area contributed by atoms with Crippen molar-refractivity contribution in [3.8, 4) is 0 Å². The second-order valence-corrected chi connectivity index (χ2v) is 13.6. The van der Waals surface area contributed by atoms with E-state index < -0.39 is 23.7 Å². The van der Waals surface area contributed by atoms with E-state index in [-0.39, 0.29) is 36.5 Å². The molecule has 1 aromatic heterocycles. The van der Waals surface area contributed by atoms with Crippen LogP contribution < -0.4 is 20.4 Å². The van der Waals surface area contributed by atoms with Gasteiger partial charge in [-0.2, -0.15) is 13.2 Å². The van der Waals surface area contributed by atoms with E-state index in [0.29, 0.717) is 18.0 Å². The molecule has 3 heterocycles. The van der Waals surface area contributed by atoms with Crippen molar-refractivity contribution in [3.05, 3.63) is 83.4 Å². The van der Waals surface area contributed by atoms with E-state index in [1.807, 2.05) is 41.0 Å². The van der Waals surface area contributed by atoms with Crippen LogP contribution in [0.2, 0.25) is 0 Å². The topological polar surface area (TPSA) is 123 Å². The maximum absolute atomic E-state index is 13.4. The van der Waals surface area contributed by atoms with Gasteiger partial charge in [-0.25, -0.2) is 9.78 Å². The number of nitrogens with zero attached hydrogens (tertiary/aromatic N) is 5. The van der Waals surface area contributed by atoms with Gasteiger partial charge < -0.3 is 14.6 Å². The van der Waals surface area contributed by atoms with E-state index in [1.165, 1.54) is 12.1 Å². The Kier molecular flexibility index (Phi) is 9.71. The number of fused-ring (bicyclic) bond motifs is 1. The molecule has 11 nitrogen and oxygen atoms in total. The lowest BCUT2D eigenvalue weighted by atomic mass is 9.86. The largest absolute Gasteiger partial charge is 0.416 e. The molecule has 0 radical (unpaired) electrons. The summed E-state index contributed by atoms with van der Waals surface area (Å²) in [6.07, 6.45) is -1.08. The second-order valence-electron chi connectivity index (χ2n) is 13.6. The van der Waals surface area contributed by atoms with Gasteiger partial charge in [-0.1, -0.05) is 18.2 Å². The van der Waals surface area contributed by atoms with Gasteiger partial charge in [-0.3, -0.25) is 30.0 Å². The third kappa shape index (κ3) is 7.57. The molecule has 4 amide bonds. The predicted molar refractivity (Wildman–Crippen MR) is 187 cm³/mol. The SMILES string of the molecule is O=C1CCN(c2ccc(CN3CCN(c4ccc5c(c4)nc(NC(=O)c4cccc(C(F)(F)F)c4)n5C4CCC(CO)CC4)CC3)cc2)C(=O)N1. The fourth-order valence-electron chi connectivity index (χ4n) is 7.35. The average Bonchev–Trinajstić information content (AvgIpc) is 3.49. The predicted octanol–water partition coefficient (Wildman–Crippen LogP) is 5.80. The quantitative estimate of drug-likeness (QED) is 0.212. The van der Waals surface area contributed by atoms with E-state index in [0.717, 1.165) is 93.0 Å². The Balaban J connectivity index is 1.05. The molecule has 268 valence electrons. The highest BCUT2D eigenvalue weighted by atomic mass is 19.4. The van der Waals surface area contributed by atoms with Crippen LogP contribution in [0.5, 0.6) is 0 Å². The fraction of sp³-hybridized carbons (Fsp3) is 0.405. The van der Waals surface area contributed by atoms with Gasteiger partial charge in [-0.15, -0.1) is 0 Å². The van der Waals surface area contributed by atoms with Gasteiger partial charge in [0.1, 0.15) is 0 Å². The molecular weight excluding hydrogens is 663 g/mol. The van der Waals surface area contributed by atoms with Crippen LogP contribution in [-0.2, 0) is 17.5 Å². The zero-order valence-corrected chi connectivity index (χ0v) is 28.0. The van der Waals surface area contributed by atoms with E-state index in [9.17, 15) is 32.7 Å². The highest BCUT2D eigenvalue weighted by Crippen LogP contribution is 2.38. The molecule has 3 fully saturated rings. The van der Waals surface area contributed by atoms with Crippen LogP contribution in [0, 0.1) is 5.92 Å². The van der Waals surface area contributed by atoms with E-state index in [4.69, 9.17) is 4.98 Å². The third-order valence-corrected chi connectivity index (χ3v) is 10.2. The lowest BCUT2D eigenvalue weighted by Crippen LogP contribution is -2.49. The Morgan fingerprint density at radius 1 is 0.902 bits per heavy atom. The number of urea groups is 1. The van der Waals surface area contributed by atoms with Crippen molar-refractivity contribution in [2.24, 2.45) is 5.92 Å². The number of amides is 4. The van der Waals surface area contributed by atoms with E-state index >= 15 is 0 Å². The Morgan fingerprint density at radius 2 is 1.63 bits per heavy atom. The molecule has 1 aliphatic carbocycles. The van der Waals surface area contributed by atoms with Gasteiger partial charge >= 0.3 is 12.2 Å². The van der Waals surface area contributed by atoms with Crippen LogP contribution in [0.4, 0.5) is 35.3 Å². The summed E-state index contributed by atoms with van der Waals surface area (Å²) < 4.78 is 42.1. The zero-order chi connectivity index (χ0) is 35.7. The number of aliphatic hydroxyl groups excluding tert-OH is 1. The van der Waals surface area contributed by atoms with Crippen LogP contribution in [-0.4, -0.2) is 76.7 Å². The van der Waals surface area contributed by atoms with Crippen LogP contribution in [0.15, 0.2) is 66.7 Å². The summed E-state index contributed by atoms with van der Waals surface area (Å²) in [5, 5.41) is 14.8. The number of piperazine rings is 1. The number of imidazole rings is 1. The van der Waals surface area contributed by atoms with Crippen molar-refractivity contribution >= 4 is 46.2 Å². The minimum absolute atomic E-state index is 0.0132. The highest BCUT2D eigenvalue weighted by Gasteiger charge is 2.32. The van der Waals surface area contributed by atoms with E-state index in [1.54, 1.807) is 4.90 Å². The Bertz CT molecular complexity index is 1910. The van der Waals surface area contributed by atoms with Gasteiger partial charge in [0.2, 0.25) is 11.9 Å². The summed E-state index contributed by atoms with van der Waals surface area (Å²) in [4.78, 5) is 48.0. The minimum atomic E-state index is -4.57. The summed E-state index contributed by atoms with van der Waals surface area (Å²) in [6, 6.07) is 17.9. The monoisotopic (exact) mass is 703 g/mol. The average molecular weight is 704 g/mol. The maximum Gasteiger partial charge on any atom is 0.416 e. The molecule has 2 aliphatic heterocycles. The zero-order valence-electron chi connectivity index (χ0n) is 28.0. The molecule has 0 spiro atoms. The van der Waals surface area contributed by atoms with Crippen molar-refractivity contribution < 1.29 is 32.7 Å². The molecule has 3 aromatic carbocycles. The van der Waals surface area contributed by atoms with Crippen LogP contribution in [0.25, 0.3) is 11.0 Å². The Morgan fingerprint density at radius 3 is 2.31 bits per heavy atom. The summed E-state index contributed by atoms with van der Waals surface area (Å²) >= 11 is 0. The van der Waals surface area contributed by atoms with Crippen LogP contribution >= 0.6 is 0 Å². The molecule has 2 saturated heterocycles. The number of anilines is 3. The van der Waals surface area contributed by atoms with Gasteiger partial charge in [0, 0.05) is 75.3 Å². The first-order valence-corrected chi connectivity index (χ1v) is 17.3. The standard InChI is InChI=1S/C37H40F3N7O4/c38-37(39,40)27-3-1-2-26(20-27)34(50)43-35-41-31-21-30(12-13-32(31)47(35)29-10-6-25(23-48)7-11-29)45-18-16-44(17-19-45)22-24-4-8-28(9-5-24)46-15-14-33(49)42-36(46)51/h1-5,8-9,12-13,20-21,25,29,48H,6-7,10-11,14-19,22-23H2,(H,41,43,50)(H,42,49,51). The Hall–Kier alpha value is -4.95. The Labute approximate surface area is 293 Å². The maximum atomic E-state index is 13.4. The summed E-state index contributed by atoms with van der Waals surface area (Å²) in [6.45, 7) is 4.49. The molecule has 7 rings (SSSR count). The number of carbonyl (C=O) groups excluding carboxylic acids is 3. The van der Waals surface area contributed by atoms with Gasteiger partial charge in [0.15, 0.2) is 0 Å². The molecule has 0 unspecified atom stereocenters. The molecule has 0 bridgehead atoms. The first-order chi connectivity index (χ1) is 24.6. The van der Waals surface area contributed by atoms with Crippen LogP contribution in [0.3, 0.4) is 0 Å². The number of benzene rings is 3. The smallest absolute Gasteiger partial charge is 0.396 e. The number of halogens is 3. The van der Waals surface area contributed by atoms with Crippen molar-refractivity contribution in [2.45, 2.75) is 50.9 Å². The first-order valence-electron chi connectivity index (χ1n) is 17.3. The van der Waals surface area contributed by atoms with Crippen molar-refractivity contribution in [3.63, 3.8) is 0 Å². The van der Waals surface area contributed by atoms with Gasteiger partial charge in [0.05, 0.1) is 16.6 Å². The third-order valence-electron chi connectivity index (χ3n) is 10.2. The molecule has 14 heteroatoms. The first kappa shape index (κ1) is 34.5. The highest BCUT2D eigenvalue weighted by molar-refractivity contribution is 6.06. The number of imide groups is 1. The number of alkyl halides is 3. The van der Waals surface area contributed by atoms with Crippen molar-refractivity contribution in [1.29, 1.82) is 0 Å². The van der Waals surface area contributed by atoms with E-state index in [2.05, 4.69) is 26.5 Å². The number of hydrogen-bond acceptors (Lipinski definition) is 7. The molecule has 1 saturated carbocycles. The molecule has 0 atom stereocenters. The number of nitrogens with one attached hydrogen (secondary N) is 2. The van der Waals surface area contributed by atoms with Gasteiger partial charge in [-0.05, 0) is 85.7 Å². The number of aromatic nitrogens is 2. The fourth-order valence-corrected chi connectivity index (χ4v) is 7.35. The minimum Gasteiger partial charge on any atom is -0.396 e. The normalized spacial score (nSPS) is 20.5.